The van der Waals surface area contributed by atoms with Crippen LogP contribution in [-0.2, 0) is 26.2 Å². The molecule has 86 valence electrons. The molecular formula is C13H9F3Zr. The Balaban J connectivity index is 0. The van der Waals surface area contributed by atoms with E-state index in [1.807, 2.05) is 0 Å². The van der Waals surface area contributed by atoms with E-state index < -0.39 is 0 Å². The summed E-state index contributed by atoms with van der Waals surface area (Å²) in [6.07, 6.45) is 0. The molecule has 0 aromatic heterocycles. The zero-order chi connectivity index (χ0) is 8.67. The molecule has 0 radical (unpaired) electrons. The largest absolute Gasteiger partial charge is 4.00 e. The Bertz CT molecular complexity index is 524. The molecule has 0 nitrogen and oxygen atoms in total. The summed E-state index contributed by atoms with van der Waals surface area (Å²) in [6.45, 7) is 0. The third kappa shape index (κ3) is 3.01. The van der Waals surface area contributed by atoms with Crippen LogP contribution in [0.3, 0.4) is 0 Å². The molecule has 3 aromatic carbocycles. The molecule has 0 N–H and O–H groups in total. The Morgan fingerprint density at radius 2 is 0.941 bits per heavy atom. The number of fused-ring (bicyclic) bond motifs is 3. The molecule has 0 spiro atoms. The predicted octanol–water partition coefficient (Wildman–Crippen LogP) is -5.28. The molecule has 0 atom stereocenters. The number of rotatable bonds is 0. The maximum absolute atomic E-state index is 2.24. The fraction of sp³-hybridized carbons (Fsp3) is 0. The van der Waals surface area contributed by atoms with Crippen LogP contribution in [0, 0.1) is 0 Å². The third-order valence-electron chi connectivity index (χ3n) is 2.52. The Morgan fingerprint density at radius 1 is 0.588 bits per heavy atom. The fourth-order valence-corrected chi connectivity index (χ4v) is 1.90. The van der Waals surface area contributed by atoms with E-state index in [4.69, 9.17) is 0 Å². The summed E-state index contributed by atoms with van der Waals surface area (Å²) in [4.78, 5) is 0. The molecule has 3 rings (SSSR count). The zero-order valence-corrected chi connectivity index (χ0v) is 11.3. The van der Waals surface area contributed by atoms with E-state index in [1.165, 1.54) is 21.5 Å². The predicted molar refractivity (Wildman–Crippen MR) is 57.0 cm³/mol. The van der Waals surface area contributed by atoms with Crippen LogP contribution < -0.4 is 14.1 Å². The number of benzene rings is 2. The van der Waals surface area contributed by atoms with Crippen molar-refractivity contribution in [2.45, 2.75) is 0 Å². The first-order chi connectivity index (χ1) is 6.45. The molecule has 0 heterocycles. The third-order valence-corrected chi connectivity index (χ3v) is 2.52. The summed E-state index contributed by atoms with van der Waals surface area (Å²) in [5, 5.41) is 5.39. The van der Waals surface area contributed by atoms with Gasteiger partial charge < -0.3 is 14.1 Å². The smallest absolute Gasteiger partial charge is 1.00 e. The molecule has 17 heavy (non-hydrogen) atoms. The van der Waals surface area contributed by atoms with E-state index in [0.29, 0.717) is 0 Å². The number of hydrogen-bond donors (Lipinski definition) is 0. The van der Waals surface area contributed by atoms with Crippen molar-refractivity contribution < 1.29 is 40.3 Å². The molecule has 0 aliphatic heterocycles. The maximum Gasteiger partial charge on any atom is 4.00 e. The molecule has 0 aliphatic carbocycles. The Kier molecular flexibility index (Phi) is 7.92. The molecule has 0 aliphatic rings. The van der Waals surface area contributed by atoms with E-state index in [9.17, 15) is 0 Å². The SMILES string of the molecule is [F-].[F-].[F-].[Zr+4].c1ccc2c(c1)[cH-]c1ccccc12. The second-order valence-corrected chi connectivity index (χ2v) is 3.32. The van der Waals surface area contributed by atoms with Gasteiger partial charge in [0.25, 0.3) is 0 Å². The average Bonchev–Trinajstić information content (AvgIpc) is 2.56. The van der Waals surface area contributed by atoms with E-state index in [1.54, 1.807) is 0 Å². The van der Waals surface area contributed by atoms with Gasteiger partial charge in [-0.1, -0.05) is 36.4 Å². The average molecular weight is 313 g/mol. The molecule has 0 saturated carbocycles. The maximum atomic E-state index is 2.24. The topological polar surface area (TPSA) is 0 Å². The molecule has 0 bridgehead atoms. The minimum absolute atomic E-state index is 0. The first-order valence-electron chi connectivity index (χ1n) is 4.48. The van der Waals surface area contributed by atoms with E-state index in [2.05, 4.69) is 54.6 Å². The fourth-order valence-electron chi connectivity index (χ4n) is 1.90. The standard InChI is InChI=1S/C13H9.3FH.Zr/c1-3-7-12-10(5-1)9-11-6-2-4-8-13(11)12;;;;/h1-9H;3*1H;/q-1;;;;+4/p-3. The van der Waals surface area contributed by atoms with Gasteiger partial charge in [-0.15, -0.1) is 39.7 Å². The number of hydrogen-bond acceptors (Lipinski definition) is 0. The van der Waals surface area contributed by atoms with Gasteiger partial charge >= 0.3 is 26.2 Å². The molecule has 0 saturated heterocycles. The van der Waals surface area contributed by atoms with E-state index in [-0.39, 0.29) is 40.3 Å². The number of halogens is 3. The monoisotopic (exact) mass is 312 g/mol. The van der Waals surface area contributed by atoms with Crippen molar-refractivity contribution in [2.75, 3.05) is 0 Å². The second-order valence-electron chi connectivity index (χ2n) is 3.32. The molecule has 0 unspecified atom stereocenters. The summed E-state index contributed by atoms with van der Waals surface area (Å²) in [5.41, 5.74) is 0. The van der Waals surface area contributed by atoms with Crippen molar-refractivity contribution in [1.29, 1.82) is 0 Å². The van der Waals surface area contributed by atoms with Crippen molar-refractivity contribution in [3.05, 3.63) is 54.6 Å². The normalized spacial score (nSPS) is 8.47. The Hall–Kier alpha value is -1.02. The Morgan fingerprint density at radius 3 is 1.35 bits per heavy atom. The van der Waals surface area contributed by atoms with Crippen molar-refractivity contribution >= 4 is 21.5 Å². The van der Waals surface area contributed by atoms with Crippen molar-refractivity contribution in [2.24, 2.45) is 0 Å². The summed E-state index contributed by atoms with van der Waals surface area (Å²) < 4.78 is 0. The van der Waals surface area contributed by atoms with Gasteiger partial charge in [-0.25, -0.2) is 0 Å². The van der Waals surface area contributed by atoms with Gasteiger partial charge in [0.2, 0.25) is 0 Å². The molecule has 3 aromatic rings. The summed E-state index contributed by atoms with van der Waals surface area (Å²) in [6, 6.07) is 19.3. The summed E-state index contributed by atoms with van der Waals surface area (Å²) in [7, 11) is 0. The van der Waals surface area contributed by atoms with Crippen LogP contribution >= 0.6 is 0 Å². The van der Waals surface area contributed by atoms with Crippen molar-refractivity contribution in [3.63, 3.8) is 0 Å². The Labute approximate surface area is 116 Å². The van der Waals surface area contributed by atoms with Crippen LogP contribution in [0.4, 0.5) is 0 Å². The first kappa shape index (κ1) is 18.4. The van der Waals surface area contributed by atoms with Gasteiger partial charge in [-0.05, 0) is 0 Å². The molecule has 0 amide bonds. The van der Waals surface area contributed by atoms with Gasteiger partial charge in [0.1, 0.15) is 0 Å². The van der Waals surface area contributed by atoms with Crippen LogP contribution in [0.25, 0.3) is 21.5 Å². The van der Waals surface area contributed by atoms with E-state index in [0.717, 1.165) is 0 Å². The van der Waals surface area contributed by atoms with Crippen LogP contribution in [0.1, 0.15) is 0 Å². The molecule has 0 fully saturated rings. The van der Waals surface area contributed by atoms with Crippen molar-refractivity contribution in [3.8, 4) is 0 Å². The van der Waals surface area contributed by atoms with Gasteiger partial charge in [-0.2, -0.15) is 0 Å². The van der Waals surface area contributed by atoms with Gasteiger partial charge in [-0.3, -0.25) is 0 Å². The van der Waals surface area contributed by atoms with Crippen LogP contribution in [0.15, 0.2) is 54.6 Å². The van der Waals surface area contributed by atoms with Gasteiger partial charge in [0, 0.05) is 0 Å². The molecular weight excluding hydrogens is 304 g/mol. The zero-order valence-electron chi connectivity index (χ0n) is 8.83. The van der Waals surface area contributed by atoms with Crippen LogP contribution in [0.5, 0.6) is 0 Å². The minimum atomic E-state index is 0. The van der Waals surface area contributed by atoms with Gasteiger partial charge in [0.05, 0.1) is 0 Å². The summed E-state index contributed by atoms with van der Waals surface area (Å²) in [5.74, 6) is 0. The van der Waals surface area contributed by atoms with Gasteiger partial charge in [0.15, 0.2) is 0 Å². The second kappa shape index (κ2) is 7.34. The van der Waals surface area contributed by atoms with Crippen molar-refractivity contribution in [1.82, 2.24) is 0 Å². The molecule has 4 heteroatoms. The quantitative estimate of drug-likeness (QED) is 0.364. The van der Waals surface area contributed by atoms with E-state index >= 15 is 0 Å². The van der Waals surface area contributed by atoms with Crippen LogP contribution in [-0.4, -0.2) is 0 Å². The first-order valence-corrected chi connectivity index (χ1v) is 4.48. The van der Waals surface area contributed by atoms with Crippen LogP contribution in [0.2, 0.25) is 0 Å². The minimum Gasteiger partial charge on any atom is -1.00 e. The summed E-state index contributed by atoms with van der Waals surface area (Å²) >= 11 is 0.